The minimum atomic E-state index is -1.59. The zero-order valence-corrected chi connectivity index (χ0v) is 21.4. The minimum Gasteiger partial charge on any atom is -0.480 e. The number of carbonyl (C=O) groups excluding carboxylic acids is 3. The summed E-state index contributed by atoms with van der Waals surface area (Å²) in [4.78, 5) is 53.7. The molecule has 0 aliphatic heterocycles. The number of rotatable bonds is 13. The van der Waals surface area contributed by atoms with Crippen LogP contribution in [0, 0.1) is 5.92 Å². The Hall–Kier alpha value is -3.48. The van der Waals surface area contributed by atoms with Crippen LogP contribution in [0.1, 0.15) is 39.7 Å². The van der Waals surface area contributed by atoms with Gasteiger partial charge in [0.1, 0.15) is 18.1 Å². The molecule has 2 rings (SSSR count). The zero-order chi connectivity index (χ0) is 27.9. The van der Waals surface area contributed by atoms with E-state index in [2.05, 4.69) is 20.9 Å². The molecule has 0 aliphatic carbocycles. The Kier molecular flexibility index (Phi) is 10.6. The maximum Gasteiger partial charge on any atom is 0.328 e. The van der Waals surface area contributed by atoms with Crippen molar-refractivity contribution in [2.75, 3.05) is 0 Å². The molecule has 0 saturated heterocycles. The molecule has 0 aliphatic rings. The third-order valence-electron chi connectivity index (χ3n) is 6.39. The van der Waals surface area contributed by atoms with Crippen LogP contribution >= 0.6 is 0 Å². The summed E-state index contributed by atoms with van der Waals surface area (Å²) in [5.74, 6) is -4.01. The van der Waals surface area contributed by atoms with E-state index in [0.29, 0.717) is 12.0 Å². The predicted molar refractivity (Wildman–Crippen MR) is 136 cm³/mol. The number of aromatic amines is 1. The molecule has 37 heavy (non-hydrogen) atoms. The molecule has 1 aromatic heterocycles. The van der Waals surface area contributed by atoms with Crippen LogP contribution in [0.5, 0.6) is 0 Å². The zero-order valence-electron chi connectivity index (χ0n) is 21.4. The average Bonchev–Trinajstić information content (AvgIpc) is 3.26. The first-order valence-corrected chi connectivity index (χ1v) is 12.2. The number of carbonyl (C=O) groups is 4. The summed E-state index contributed by atoms with van der Waals surface area (Å²) in [6.07, 6.45) is -0.336. The fourth-order valence-electron chi connectivity index (χ4n) is 3.80. The first kappa shape index (κ1) is 29.7. The van der Waals surface area contributed by atoms with E-state index >= 15 is 0 Å². The molecular weight excluding hydrogens is 482 g/mol. The van der Waals surface area contributed by atoms with E-state index in [0.717, 1.165) is 10.9 Å². The van der Waals surface area contributed by atoms with Crippen LogP contribution in [0.4, 0.5) is 0 Å². The van der Waals surface area contributed by atoms with Crippen molar-refractivity contribution in [2.45, 2.75) is 76.9 Å². The Bertz CT molecular complexity index is 1100. The van der Waals surface area contributed by atoms with Gasteiger partial charge in [0.2, 0.25) is 17.7 Å². The highest BCUT2D eigenvalue weighted by molar-refractivity contribution is 5.95. The lowest BCUT2D eigenvalue weighted by Gasteiger charge is -2.28. The van der Waals surface area contributed by atoms with Gasteiger partial charge in [0.15, 0.2) is 6.04 Å². The number of carboxylic acids is 1. The molecule has 0 fully saturated rings. The summed E-state index contributed by atoms with van der Waals surface area (Å²) in [5.41, 5.74) is 7.22. The molecule has 3 amide bonds. The molecule has 0 radical (unpaired) electrons. The van der Waals surface area contributed by atoms with Crippen molar-refractivity contribution in [3.8, 4) is 0 Å². The van der Waals surface area contributed by atoms with E-state index in [4.69, 9.17) is 5.73 Å². The summed E-state index contributed by atoms with van der Waals surface area (Å²) in [5, 5.41) is 37.1. The largest absolute Gasteiger partial charge is 0.480 e. The van der Waals surface area contributed by atoms with E-state index < -0.39 is 60.1 Å². The van der Waals surface area contributed by atoms with Crippen LogP contribution < -0.4 is 21.7 Å². The fourth-order valence-corrected chi connectivity index (χ4v) is 3.80. The monoisotopic (exact) mass is 519 g/mol. The molecule has 0 bridgehead atoms. The van der Waals surface area contributed by atoms with Gasteiger partial charge in [0, 0.05) is 23.5 Å². The smallest absolute Gasteiger partial charge is 0.328 e. The molecular formula is C25H37N5O7. The molecule has 204 valence electrons. The number of benzene rings is 1. The summed E-state index contributed by atoms with van der Waals surface area (Å²) in [6.45, 7) is 6.14. The van der Waals surface area contributed by atoms with Crippen molar-refractivity contribution in [3.63, 3.8) is 0 Å². The standard InChI is InChI=1S/C25H37N5O7/c1-5-12(2)20(29-23(34)19(26)13(3)31)24(35)28-18(22(33)30-21(14(4)32)25(36)37)10-15-11-27-17-9-7-6-8-16(15)17/h6-9,11-14,18-21,27,31-32H,5,10,26H2,1-4H3,(H,28,35)(H,29,34)(H,30,33)(H,36,37). The van der Waals surface area contributed by atoms with Gasteiger partial charge in [-0.05, 0) is 31.4 Å². The van der Waals surface area contributed by atoms with Gasteiger partial charge in [0.25, 0.3) is 0 Å². The van der Waals surface area contributed by atoms with Gasteiger partial charge in [-0.15, -0.1) is 0 Å². The second-order valence-electron chi connectivity index (χ2n) is 9.33. The van der Waals surface area contributed by atoms with Crippen molar-refractivity contribution < 1.29 is 34.5 Å². The number of carboxylic acid groups (broad SMARTS) is 1. The van der Waals surface area contributed by atoms with Gasteiger partial charge in [0.05, 0.1) is 12.2 Å². The molecule has 12 heteroatoms. The Morgan fingerprint density at radius 2 is 1.54 bits per heavy atom. The Balaban J connectivity index is 2.36. The van der Waals surface area contributed by atoms with E-state index in [9.17, 15) is 34.5 Å². The molecule has 9 N–H and O–H groups in total. The van der Waals surface area contributed by atoms with Crippen molar-refractivity contribution in [1.29, 1.82) is 0 Å². The van der Waals surface area contributed by atoms with Gasteiger partial charge in [-0.2, -0.15) is 0 Å². The molecule has 1 heterocycles. The van der Waals surface area contributed by atoms with Crippen molar-refractivity contribution in [1.82, 2.24) is 20.9 Å². The SMILES string of the molecule is CCC(C)C(NC(=O)C(N)C(C)O)C(=O)NC(Cc1c[nH]c2ccccc12)C(=O)NC(C(=O)O)C(C)O. The molecule has 12 nitrogen and oxygen atoms in total. The van der Waals surface area contributed by atoms with Gasteiger partial charge < -0.3 is 42.0 Å². The van der Waals surface area contributed by atoms with E-state index in [-0.39, 0.29) is 12.3 Å². The number of H-pyrrole nitrogens is 1. The van der Waals surface area contributed by atoms with Crippen molar-refractivity contribution >= 4 is 34.6 Å². The number of fused-ring (bicyclic) bond motifs is 1. The van der Waals surface area contributed by atoms with Crippen LogP contribution in [0.2, 0.25) is 0 Å². The number of hydrogen-bond acceptors (Lipinski definition) is 7. The third kappa shape index (κ3) is 7.75. The van der Waals surface area contributed by atoms with E-state index in [1.54, 1.807) is 13.1 Å². The second kappa shape index (κ2) is 13.2. The molecule has 0 spiro atoms. The maximum absolute atomic E-state index is 13.3. The summed E-state index contributed by atoms with van der Waals surface area (Å²) < 4.78 is 0. The number of para-hydroxylation sites is 1. The van der Waals surface area contributed by atoms with Gasteiger partial charge in [-0.1, -0.05) is 38.5 Å². The molecule has 2 aromatic rings. The molecule has 0 saturated carbocycles. The minimum absolute atomic E-state index is 0.00208. The van der Waals surface area contributed by atoms with Crippen molar-refractivity contribution in [2.24, 2.45) is 11.7 Å². The lowest BCUT2D eigenvalue weighted by atomic mass is 9.96. The average molecular weight is 520 g/mol. The third-order valence-corrected chi connectivity index (χ3v) is 6.39. The normalized spacial score (nSPS) is 17.1. The van der Waals surface area contributed by atoms with Crippen LogP contribution in [-0.4, -0.2) is 80.4 Å². The number of nitrogens with two attached hydrogens (primary N) is 1. The number of aliphatic hydroxyl groups is 2. The van der Waals surface area contributed by atoms with Crippen LogP contribution in [0.25, 0.3) is 10.9 Å². The van der Waals surface area contributed by atoms with E-state index in [1.165, 1.54) is 13.8 Å². The summed E-state index contributed by atoms with van der Waals surface area (Å²) in [6, 6.07) is 2.19. The Morgan fingerprint density at radius 3 is 2.11 bits per heavy atom. The van der Waals surface area contributed by atoms with Crippen molar-refractivity contribution in [3.05, 3.63) is 36.0 Å². The highest BCUT2D eigenvalue weighted by Crippen LogP contribution is 2.20. The number of aromatic nitrogens is 1. The number of hydrogen-bond donors (Lipinski definition) is 8. The topological polar surface area (TPSA) is 207 Å². The Labute approximate surface area is 215 Å². The summed E-state index contributed by atoms with van der Waals surface area (Å²) >= 11 is 0. The lowest BCUT2D eigenvalue weighted by molar-refractivity contribution is -0.145. The first-order valence-electron chi connectivity index (χ1n) is 12.2. The number of nitrogens with one attached hydrogen (secondary N) is 4. The van der Waals surface area contributed by atoms with E-state index in [1.807, 2.05) is 31.2 Å². The molecule has 7 atom stereocenters. The molecule has 7 unspecified atom stereocenters. The van der Waals surface area contributed by atoms with Crippen LogP contribution in [0.15, 0.2) is 30.5 Å². The van der Waals surface area contributed by atoms with Gasteiger partial charge in [-0.3, -0.25) is 14.4 Å². The molecule has 1 aromatic carbocycles. The highest BCUT2D eigenvalue weighted by Gasteiger charge is 2.34. The van der Waals surface area contributed by atoms with Crippen LogP contribution in [0.3, 0.4) is 0 Å². The van der Waals surface area contributed by atoms with Gasteiger partial charge in [-0.25, -0.2) is 4.79 Å². The number of amides is 3. The lowest BCUT2D eigenvalue weighted by Crippen LogP contribution is -2.60. The fraction of sp³-hybridized carbons (Fsp3) is 0.520. The van der Waals surface area contributed by atoms with Crippen LogP contribution in [-0.2, 0) is 25.6 Å². The summed E-state index contributed by atoms with van der Waals surface area (Å²) in [7, 11) is 0. The quantitative estimate of drug-likeness (QED) is 0.171. The first-order chi connectivity index (χ1) is 17.4. The highest BCUT2D eigenvalue weighted by atomic mass is 16.4. The number of aliphatic hydroxyl groups excluding tert-OH is 2. The predicted octanol–water partition coefficient (Wildman–Crippen LogP) is -0.616. The Morgan fingerprint density at radius 1 is 0.919 bits per heavy atom. The maximum atomic E-state index is 13.3. The second-order valence-corrected chi connectivity index (χ2v) is 9.33. The van der Waals surface area contributed by atoms with Gasteiger partial charge >= 0.3 is 5.97 Å². The number of aliphatic carboxylic acids is 1.